The number of carbonyl (C=O) groups is 1. The average Bonchev–Trinajstić information content (AvgIpc) is 2.29. The molecule has 0 aliphatic carbocycles. The zero-order valence-corrected chi connectivity index (χ0v) is 10.6. The van der Waals surface area contributed by atoms with Crippen LogP contribution in [0.5, 0.6) is 0 Å². The first kappa shape index (κ1) is 13.7. The molecule has 0 atom stereocenters. The molecule has 0 heterocycles. The van der Waals surface area contributed by atoms with Crippen LogP contribution < -0.4 is 4.90 Å². The minimum atomic E-state index is -4.38. The number of hydrogen-bond donors (Lipinski definition) is 1. The zero-order chi connectivity index (χ0) is 13.1. The Balaban J connectivity index is 3.37. The summed E-state index contributed by atoms with van der Waals surface area (Å²) in [6.45, 7) is 5.29. The first-order valence-electron chi connectivity index (χ1n) is 5.25. The van der Waals surface area contributed by atoms with Gasteiger partial charge < -0.3 is 4.90 Å². The average molecular weight is 257 g/mol. The Morgan fingerprint density at radius 3 is 2.29 bits per heavy atom. The molecular formula is C11H15NO4S. The topological polar surface area (TPSA) is 74.7 Å². The first-order valence-corrected chi connectivity index (χ1v) is 6.69. The van der Waals surface area contributed by atoms with Crippen LogP contribution in [-0.2, 0) is 10.1 Å². The third-order valence-corrected chi connectivity index (χ3v) is 3.44. The smallest absolute Gasteiger partial charge is 0.295 e. The molecular weight excluding hydrogens is 242 g/mol. The Kier molecular flexibility index (Phi) is 4.25. The maximum absolute atomic E-state index is 11.1. The Labute approximate surface area is 101 Å². The van der Waals surface area contributed by atoms with Gasteiger partial charge in [0.25, 0.3) is 10.1 Å². The molecule has 0 fully saturated rings. The number of benzene rings is 1. The number of hydrogen-bond acceptors (Lipinski definition) is 4. The van der Waals surface area contributed by atoms with E-state index in [0.717, 1.165) is 0 Å². The molecule has 0 aromatic heterocycles. The van der Waals surface area contributed by atoms with Crippen molar-refractivity contribution in [1.82, 2.24) is 0 Å². The highest BCUT2D eigenvalue weighted by molar-refractivity contribution is 7.86. The molecule has 0 radical (unpaired) electrons. The maximum atomic E-state index is 11.1. The molecule has 5 nitrogen and oxygen atoms in total. The van der Waals surface area contributed by atoms with Crippen LogP contribution in [0, 0.1) is 0 Å². The minimum absolute atomic E-state index is 0.0385. The van der Waals surface area contributed by atoms with E-state index < -0.39 is 10.1 Å². The number of carbonyl (C=O) groups excluding carboxylic acids is 1. The zero-order valence-electron chi connectivity index (χ0n) is 9.75. The number of aldehydes is 1. The Morgan fingerprint density at radius 2 is 1.88 bits per heavy atom. The maximum Gasteiger partial charge on any atom is 0.295 e. The molecule has 17 heavy (non-hydrogen) atoms. The van der Waals surface area contributed by atoms with Crippen molar-refractivity contribution in [2.75, 3.05) is 18.0 Å². The van der Waals surface area contributed by atoms with Crippen LogP contribution in [0.4, 0.5) is 5.69 Å². The van der Waals surface area contributed by atoms with Gasteiger partial charge in [0.15, 0.2) is 6.29 Å². The van der Waals surface area contributed by atoms with Gasteiger partial charge in [-0.1, -0.05) is 0 Å². The van der Waals surface area contributed by atoms with Crippen molar-refractivity contribution in [3.8, 4) is 0 Å². The second-order valence-corrected chi connectivity index (χ2v) is 4.88. The van der Waals surface area contributed by atoms with Crippen molar-refractivity contribution in [1.29, 1.82) is 0 Å². The van der Waals surface area contributed by atoms with E-state index in [2.05, 4.69) is 0 Å². The standard InChI is InChI=1S/C11H15NO4S/c1-3-12(4-2)10-6-5-9(8-13)11(7-10)17(14,15)16/h5-8H,3-4H2,1-2H3,(H,14,15,16). The quantitative estimate of drug-likeness (QED) is 0.640. The molecule has 1 aromatic carbocycles. The van der Waals surface area contributed by atoms with Crippen molar-refractivity contribution in [2.24, 2.45) is 0 Å². The summed E-state index contributed by atoms with van der Waals surface area (Å²) in [6.07, 6.45) is 0.412. The summed E-state index contributed by atoms with van der Waals surface area (Å²) in [6, 6.07) is 4.36. The van der Waals surface area contributed by atoms with E-state index >= 15 is 0 Å². The predicted molar refractivity (Wildman–Crippen MR) is 65.2 cm³/mol. The summed E-state index contributed by atoms with van der Waals surface area (Å²) in [5, 5.41) is 0. The highest BCUT2D eigenvalue weighted by Gasteiger charge is 2.17. The highest BCUT2D eigenvalue weighted by atomic mass is 32.2. The van der Waals surface area contributed by atoms with Gasteiger partial charge in [-0.3, -0.25) is 9.35 Å². The third kappa shape index (κ3) is 3.04. The number of nitrogens with zero attached hydrogens (tertiary/aromatic N) is 1. The molecule has 0 aliphatic rings. The summed E-state index contributed by atoms with van der Waals surface area (Å²) in [4.78, 5) is 12.3. The van der Waals surface area contributed by atoms with Gasteiger partial charge in [-0.2, -0.15) is 8.42 Å². The normalized spacial score (nSPS) is 11.2. The van der Waals surface area contributed by atoms with Crippen LogP contribution in [-0.4, -0.2) is 32.3 Å². The lowest BCUT2D eigenvalue weighted by Crippen LogP contribution is -2.22. The lowest BCUT2D eigenvalue weighted by molar-refractivity contribution is 0.112. The van der Waals surface area contributed by atoms with Gasteiger partial charge in [0, 0.05) is 24.3 Å². The lowest BCUT2D eigenvalue weighted by atomic mass is 10.2. The molecule has 1 N–H and O–H groups in total. The third-order valence-electron chi connectivity index (χ3n) is 2.53. The summed E-state index contributed by atoms with van der Waals surface area (Å²) in [5.41, 5.74) is 0.622. The van der Waals surface area contributed by atoms with E-state index in [1.165, 1.54) is 12.1 Å². The number of anilines is 1. The van der Waals surface area contributed by atoms with E-state index in [0.29, 0.717) is 25.1 Å². The van der Waals surface area contributed by atoms with Crippen LogP contribution in [0.25, 0.3) is 0 Å². The van der Waals surface area contributed by atoms with Crippen LogP contribution in [0.15, 0.2) is 23.1 Å². The summed E-state index contributed by atoms with van der Waals surface area (Å²) >= 11 is 0. The van der Waals surface area contributed by atoms with E-state index in [1.807, 2.05) is 18.7 Å². The molecule has 6 heteroatoms. The second kappa shape index (κ2) is 5.29. The van der Waals surface area contributed by atoms with Crippen molar-refractivity contribution < 1.29 is 17.8 Å². The Hall–Kier alpha value is -1.40. The van der Waals surface area contributed by atoms with Crippen LogP contribution in [0.1, 0.15) is 24.2 Å². The van der Waals surface area contributed by atoms with Gasteiger partial charge in [-0.05, 0) is 32.0 Å². The molecule has 0 aliphatic heterocycles. The molecule has 1 rings (SSSR count). The molecule has 0 saturated heterocycles. The van der Waals surface area contributed by atoms with Gasteiger partial charge in [0.2, 0.25) is 0 Å². The van der Waals surface area contributed by atoms with E-state index in [4.69, 9.17) is 4.55 Å². The fraction of sp³-hybridized carbons (Fsp3) is 0.364. The molecule has 0 amide bonds. The van der Waals surface area contributed by atoms with Gasteiger partial charge in [-0.15, -0.1) is 0 Å². The van der Waals surface area contributed by atoms with E-state index in [9.17, 15) is 13.2 Å². The Morgan fingerprint density at radius 1 is 1.29 bits per heavy atom. The monoisotopic (exact) mass is 257 g/mol. The van der Waals surface area contributed by atoms with Crippen LogP contribution >= 0.6 is 0 Å². The summed E-state index contributed by atoms with van der Waals surface area (Å²) < 4.78 is 31.3. The lowest BCUT2D eigenvalue weighted by Gasteiger charge is -2.21. The molecule has 0 unspecified atom stereocenters. The summed E-state index contributed by atoms with van der Waals surface area (Å²) in [5.74, 6) is 0. The van der Waals surface area contributed by atoms with Crippen molar-refractivity contribution in [3.63, 3.8) is 0 Å². The molecule has 1 aromatic rings. The van der Waals surface area contributed by atoms with Crippen molar-refractivity contribution in [2.45, 2.75) is 18.7 Å². The fourth-order valence-electron chi connectivity index (χ4n) is 1.63. The number of rotatable bonds is 5. The van der Waals surface area contributed by atoms with Gasteiger partial charge >= 0.3 is 0 Å². The Bertz CT molecular complexity index is 506. The largest absolute Gasteiger partial charge is 0.372 e. The molecule has 0 spiro atoms. The van der Waals surface area contributed by atoms with E-state index in [1.54, 1.807) is 6.07 Å². The van der Waals surface area contributed by atoms with Crippen LogP contribution in [0.2, 0.25) is 0 Å². The van der Waals surface area contributed by atoms with Gasteiger partial charge in [0.05, 0.1) is 0 Å². The van der Waals surface area contributed by atoms with Crippen LogP contribution in [0.3, 0.4) is 0 Å². The first-order chi connectivity index (χ1) is 7.93. The fourth-order valence-corrected chi connectivity index (χ4v) is 2.31. The second-order valence-electron chi connectivity index (χ2n) is 3.49. The SMILES string of the molecule is CCN(CC)c1ccc(C=O)c(S(=O)(=O)O)c1. The molecule has 0 saturated carbocycles. The summed E-state index contributed by atoms with van der Waals surface area (Å²) in [7, 11) is -4.38. The molecule has 0 bridgehead atoms. The van der Waals surface area contributed by atoms with Crippen molar-refractivity contribution in [3.05, 3.63) is 23.8 Å². The highest BCUT2D eigenvalue weighted by Crippen LogP contribution is 2.22. The molecule has 94 valence electrons. The minimum Gasteiger partial charge on any atom is -0.372 e. The van der Waals surface area contributed by atoms with Gasteiger partial charge in [-0.25, -0.2) is 0 Å². The van der Waals surface area contributed by atoms with Crippen molar-refractivity contribution >= 4 is 22.1 Å². The van der Waals surface area contributed by atoms with Gasteiger partial charge in [0.1, 0.15) is 4.90 Å². The van der Waals surface area contributed by atoms with E-state index in [-0.39, 0.29) is 10.5 Å². The predicted octanol–water partition coefficient (Wildman–Crippen LogP) is 1.59.